The monoisotopic (exact) mass is 283 g/mol. The van der Waals surface area contributed by atoms with Crippen LogP contribution in [-0.2, 0) is 15.6 Å². The second kappa shape index (κ2) is 7.65. The molecule has 1 aromatic carbocycles. The first-order valence-corrected chi connectivity index (χ1v) is 8.79. The highest BCUT2D eigenvalue weighted by molar-refractivity contribution is 7.90. The van der Waals surface area contributed by atoms with E-state index in [4.69, 9.17) is 0 Å². The number of hydrogen-bond acceptors (Lipinski definition) is 3. The molecule has 1 N–H and O–H groups in total. The minimum absolute atomic E-state index is 0.0639. The Labute approximate surface area is 117 Å². The van der Waals surface area contributed by atoms with Crippen molar-refractivity contribution in [2.75, 3.05) is 12.3 Å². The molecule has 1 aromatic rings. The van der Waals surface area contributed by atoms with Crippen molar-refractivity contribution < 1.29 is 8.42 Å². The van der Waals surface area contributed by atoms with Gasteiger partial charge >= 0.3 is 0 Å². The summed E-state index contributed by atoms with van der Waals surface area (Å²) in [7, 11) is -3.06. The molecule has 0 aliphatic carbocycles. The van der Waals surface area contributed by atoms with Crippen LogP contribution >= 0.6 is 0 Å². The van der Waals surface area contributed by atoms with Gasteiger partial charge in [0.25, 0.3) is 0 Å². The van der Waals surface area contributed by atoms with Gasteiger partial charge in [0, 0.05) is 6.04 Å². The molecule has 0 aliphatic heterocycles. The molecule has 0 aromatic heterocycles. The van der Waals surface area contributed by atoms with E-state index in [1.54, 1.807) is 0 Å². The van der Waals surface area contributed by atoms with Crippen LogP contribution < -0.4 is 5.32 Å². The van der Waals surface area contributed by atoms with Crippen LogP contribution in [-0.4, -0.2) is 26.8 Å². The summed E-state index contributed by atoms with van der Waals surface area (Å²) >= 11 is 0. The van der Waals surface area contributed by atoms with Crippen LogP contribution in [0.1, 0.15) is 37.8 Å². The van der Waals surface area contributed by atoms with Crippen LogP contribution in [0.3, 0.4) is 0 Å². The summed E-state index contributed by atoms with van der Waals surface area (Å²) in [5.74, 6) is 0.363. The van der Waals surface area contributed by atoms with E-state index in [0.717, 1.165) is 30.5 Å². The first kappa shape index (κ1) is 16.2. The van der Waals surface area contributed by atoms with Gasteiger partial charge in [-0.05, 0) is 37.4 Å². The van der Waals surface area contributed by atoms with E-state index in [1.165, 1.54) is 0 Å². The van der Waals surface area contributed by atoms with E-state index < -0.39 is 9.84 Å². The summed E-state index contributed by atoms with van der Waals surface area (Å²) in [5, 5.41) is 3.30. The third-order valence-corrected chi connectivity index (χ3v) is 4.93. The minimum atomic E-state index is -3.06. The number of nitrogens with one attached hydrogen (secondary N) is 1. The smallest absolute Gasteiger partial charge is 0.155 e. The number of rotatable bonds is 8. The van der Waals surface area contributed by atoms with Gasteiger partial charge in [0.2, 0.25) is 0 Å². The zero-order valence-corrected chi connectivity index (χ0v) is 13.0. The lowest BCUT2D eigenvalue weighted by molar-refractivity contribution is 0.519. The number of aryl methyl sites for hydroxylation is 1. The average Bonchev–Trinajstić information content (AvgIpc) is 2.37. The van der Waals surface area contributed by atoms with Crippen molar-refractivity contribution in [3.63, 3.8) is 0 Å². The fraction of sp³-hybridized carbons (Fsp3) is 0.600. The van der Waals surface area contributed by atoms with Gasteiger partial charge in [0.05, 0.1) is 11.5 Å². The zero-order chi connectivity index (χ0) is 14.3. The molecule has 0 spiro atoms. The second-order valence-corrected chi connectivity index (χ2v) is 7.15. The lowest BCUT2D eigenvalue weighted by Crippen LogP contribution is -2.36. The van der Waals surface area contributed by atoms with Gasteiger partial charge in [0.1, 0.15) is 0 Å². The molecule has 0 saturated heterocycles. The summed E-state index contributed by atoms with van der Waals surface area (Å²) in [4.78, 5) is 0. The maximum Gasteiger partial charge on any atom is 0.155 e. The Morgan fingerprint density at radius 3 is 2.47 bits per heavy atom. The summed E-state index contributed by atoms with van der Waals surface area (Å²) in [6.45, 7) is 6.94. The quantitative estimate of drug-likeness (QED) is 0.798. The van der Waals surface area contributed by atoms with E-state index >= 15 is 0 Å². The molecule has 0 saturated carbocycles. The Kier molecular flexibility index (Phi) is 6.52. The van der Waals surface area contributed by atoms with Crippen molar-refractivity contribution in [1.29, 1.82) is 0 Å². The van der Waals surface area contributed by atoms with Gasteiger partial charge < -0.3 is 5.32 Å². The van der Waals surface area contributed by atoms with Crippen LogP contribution in [0.15, 0.2) is 24.3 Å². The first-order chi connectivity index (χ1) is 8.98. The van der Waals surface area contributed by atoms with Crippen LogP contribution in [0.25, 0.3) is 0 Å². The third-order valence-electron chi connectivity index (χ3n) is 3.27. The molecule has 0 heterocycles. The Balaban J connectivity index is 2.68. The normalized spacial score (nSPS) is 13.4. The molecule has 0 fully saturated rings. The van der Waals surface area contributed by atoms with E-state index in [1.807, 2.05) is 38.1 Å². The van der Waals surface area contributed by atoms with E-state index in [2.05, 4.69) is 12.2 Å². The largest absolute Gasteiger partial charge is 0.313 e. The van der Waals surface area contributed by atoms with Gasteiger partial charge in [-0.15, -0.1) is 0 Å². The lowest BCUT2D eigenvalue weighted by atomic mass is 10.1. The minimum Gasteiger partial charge on any atom is -0.313 e. The highest BCUT2D eigenvalue weighted by Gasteiger charge is 2.18. The van der Waals surface area contributed by atoms with Crippen molar-refractivity contribution in [3.05, 3.63) is 35.4 Å². The molecule has 1 rings (SSSR count). The predicted octanol–water partition coefficient (Wildman–Crippen LogP) is 2.69. The van der Waals surface area contributed by atoms with Gasteiger partial charge in [-0.3, -0.25) is 0 Å². The van der Waals surface area contributed by atoms with Crippen LogP contribution in [0, 0.1) is 6.92 Å². The van der Waals surface area contributed by atoms with Crippen molar-refractivity contribution in [1.82, 2.24) is 5.32 Å². The third kappa shape index (κ3) is 5.74. The SMILES string of the molecule is CCCNC(CC)CS(=O)(=O)Cc1ccccc1C. The molecule has 0 aliphatic rings. The predicted molar refractivity (Wildman–Crippen MR) is 81.0 cm³/mol. The summed E-state index contributed by atoms with van der Waals surface area (Å²) in [6.07, 6.45) is 1.86. The Hall–Kier alpha value is -0.870. The first-order valence-electron chi connectivity index (χ1n) is 6.96. The molecule has 0 radical (unpaired) electrons. The van der Waals surface area contributed by atoms with Gasteiger partial charge in [-0.1, -0.05) is 38.1 Å². The van der Waals surface area contributed by atoms with E-state index in [-0.39, 0.29) is 17.5 Å². The van der Waals surface area contributed by atoms with Crippen molar-refractivity contribution in [3.8, 4) is 0 Å². The van der Waals surface area contributed by atoms with Crippen molar-refractivity contribution >= 4 is 9.84 Å². The van der Waals surface area contributed by atoms with Gasteiger partial charge in [-0.25, -0.2) is 8.42 Å². The lowest BCUT2D eigenvalue weighted by Gasteiger charge is -2.17. The molecular formula is C15H25NO2S. The van der Waals surface area contributed by atoms with Crippen LogP contribution in [0.5, 0.6) is 0 Å². The summed E-state index contributed by atoms with van der Waals surface area (Å²) in [6, 6.07) is 7.74. The number of sulfone groups is 1. The maximum absolute atomic E-state index is 12.2. The zero-order valence-electron chi connectivity index (χ0n) is 12.1. The molecule has 4 heteroatoms. The molecule has 108 valence electrons. The van der Waals surface area contributed by atoms with Crippen LogP contribution in [0.4, 0.5) is 0 Å². The number of benzene rings is 1. The van der Waals surface area contributed by atoms with E-state index in [0.29, 0.717) is 0 Å². The summed E-state index contributed by atoms with van der Waals surface area (Å²) in [5.41, 5.74) is 1.95. The topological polar surface area (TPSA) is 46.2 Å². The Morgan fingerprint density at radius 1 is 1.21 bits per heavy atom. The Bertz CT molecular complexity index is 483. The highest BCUT2D eigenvalue weighted by atomic mass is 32.2. The molecule has 1 atom stereocenters. The van der Waals surface area contributed by atoms with Gasteiger partial charge in [-0.2, -0.15) is 0 Å². The van der Waals surface area contributed by atoms with Gasteiger partial charge in [0.15, 0.2) is 9.84 Å². The molecule has 0 amide bonds. The standard InChI is InChI=1S/C15H25NO2S/c1-4-10-16-15(5-2)12-19(17,18)11-14-9-7-6-8-13(14)3/h6-9,15-16H,4-5,10-12H2,1-3H3. The highest BCUT2D eigenvalue weighted by Crippen LogP contribution is 2.13. The maximum atomic E-state index is 12.2. The van der Waals surface area contributed by atoms with Crippen molar-refractivity contribution in [2.45, 2.75) is 45.4 Å². The molecule has 3 nitrogen and oxygen atoms in total. The fourth-order valence-corrected chi connectivity index (χ4v) is 3.93. The molecule has 0 bridgehead atoms. The molecule has 19 heavy (non-hydrogen) atoms. The van der Waals surface area contributed by atoms with Crippen LogP contribution in [0.2, 0.25) is 0 Å². The van der Waals surface area contributed by atoms with E-state index in [9.17, 15) is 8.42 Å². The molecule has 1 unspecified atom stereocenters. The molecular weight excluding hydrogens is 258 g/mol. The Morgan fingerprint density at radius 2 is 1.89 bits per heavy atom. The average molecular weight is 283 g/mol. The summed E-state index contributed by atoms with van der Waals surface area (Å²) < 4.78 is 24.5. The number of hydrogen-bond donors (Lipinski definition) is 1. The van der Waals surface area contributed by atoms with Crippen molar-refractivity contribution in [2.24, 2.45) is 0 Å². The second-order valence-electron chi connectivity index (χ2n) is 5.04. The fourth-order valence-electron chi connectivity index (χ4n) is 2.04.